The summed E-state index contributed by atoms with van der Waals surface area (Å²) in [5.41, 5.74) is 1.60. The average Bonchev–Trinajstić information content (AvgIpc) is 2.93. The Morgan fingerprint density at radius 3 is 3.00 bits per heavy atom. The second kappa shape index (κ2) is 6.13. The molecule has 1 aliphatic heterocycles. The van der Waals surface area contributed by atoms with Crippen molar-refractivity contribution in [1.82, 2.24) is 0 Å². The molecule has 0 saturated carbocycles. The van der Waals surface area contributed by atoms with Gasteiger partial charge in [0.1, 0.15) is 17.3 Å². The lowest BCUT2D eigenvalue weighted by Gasteiger charge is -2.18. The minimum atomic E-state index is -0.132. The molecule has 1 amide bonds. The molecule has 0 bridgehead atoms. The van der Waals surface area contributed by atoms with Gasteiger partial charge in [-0.3, -0.25) is 4.79 Å². The lowest BCUT2D eigenvalue weighted by Crippen LogP contribution is -2.25. The number of hydrogen-bond donors (Lipinski definition) is 2. The fourth-order valence-electron chi connectivity index (χ4n) is 2.12. The van der Waals surface area contributed by atoms with Crippen molar-refractivity contribution in [2.75, 3.05) is 23.5 Å². The Labute approximate surface area is 127 Å². The molecule has 0 aliphatic carbocycles. The first kappa shape index (κ1) is 13.9. The second-order valence-corrected chi connectivity index (χ2v) is 5.57. The molecule has 3 rings (SSSR count). The van der Waals surface area contributed by atoms with Gasteiger partial charge in [0.25, 0.3) is 5.91 Å². The highest BCUT2D eigenvalue weighted by molar-refractivity contribution is 7.97. The van der Waals surface area contributed by atoms with Gasteiger partial charge in [-0.05, 0) is 36.6 Å². The fourth-order valence-corrected chi connectivity index (χ4v) is 2.56. The summed E-state index contributed by atoms with van der Waals surface area (Å²) < 4.78 is 11.0. The number of nitrogens with one attached hydrogen (secondary N) is 2. The third-order valence-electron chi connectivity index (χ3n) is 3.08. The summed E-state index contributed by atoms with van der Waals surface area (Å²) in [5.74, 6) is 3.30. The highest BCUT2D eigenvalue weighted by Gasteiger charge is 2.15. The average molecular weight is 304 g/mol. The predicted molar refractivity (Wildman–Crippen MR) is 83.8 cm³/mol. The van der Waals surface area contributed by atoms with E-state index in [2.05, 4.69) is 10.6 Å². The number of fused-ring (bicyclic) bond motifs is 1. The standard InChI is InChI=1S/C15H16N2O3S/c1-21-9-12-4-3-11(20-12)7-16-10-2-5-14-13(6-10)17-15(18)8-19-14/h2-6,16H,7-9H2,1H3,(H,17,18). The molecular weight excluding hydrogens is 288 g/mol. The summed E-state index contributed by atoms with van der Waals surface area (Å²) in [6, 6.07) is 9.59. The predicted octanol–water partition coefficient (Wildman–Crippen LogP) is 3.09. The van der Waals surface area contributed by atoms with Gasteiger partial charge < -0.3 is 19.8 Å². The molecule has 0 unspecified atom stereocenters. The van der Waals surface area contributed by atoms with E-state index in [1.54, 1.807) is 11.8 Å². The van der Waals surface area contributed by atoms with E-state index in [9.17, 15) is 4.79 Å². The van der Waals surface area contributed by atoms with Crippen molar-refractivity contribution in [3.63, 3.8) is 0 Å². The van der Waals surface area contributed by atoms with E-state index in [0.29, 0.717) is 18.0 Å². The van der Waals surface area contributed by atoms with E-state index >= 15 is 0 Å². The first-order valence-corrected chi connectivity index (χ1v) is 8.01. The summed E-state index contributed by atoms with van der Waals surface area (Å²) in [7, 11) is 0. The first-order valence-electron chi connectivity index (χ1n) is 6.62. The van der Waals surface area contributed by atoms with Gasteiger partial charge in [0.2, 0.25) is 0 Å². The normalized spacial score (nSPS) is 13.3. The van der Waals surface area contributed by atoms with Crippen LogP contribution in [0.1, 0.15) is 11.5 Å². The van der Waals surface area contributed by atoms with Crippen molar-refractivity contribution in [3.05, 3.63) is 41.9 Å². The molecule has 2 aromatic rings. The highest BCUT2D eigenvalue weighted by Crippen LogP contribution is 2.30. The van der Waals surface area contributed by atoms with Crippen LogP contribution in [0, 0.1) is 0 Å². The molecule has 0 saturated heterocycles. The van der Waals surface area contributed by atoms with E-state index in [0.717, 1.165) is 23.0 Å². The minimum Gasteiger partial charge on any atom is -0.482 e. The van der Waals surface area contributed by atoms with Crippen LogP contribution in [0.2, 0.25) is 0 Å². The molecule has 21 heavy (non-hydrogen) atoms. The van der Waals surface area contributed by atoms with Gasteiger partial charge in [0.05, 0.1) is 18.0 Å². The number of carbonyl (C=O) groups is 1. The number of ether oxygens (including phenoxy) is 1. The molecule has 0 spiro atoms. The fraction of sp³-hybridized carbons (Fsp3) is 0.267. The molecule has 2 N–H and O–H groups in total. The summed E-state index contributed by atoms with van der Waals surface area (Å²) in [6.45, 7) is 0.673. The minimum absolute atomic E-state index is 0.0738. The number of thioether (sulfide) groups is 1. The van der Waals surface area contributed by atoms with Gasteiger partial charge in [-0.25, -0.2) is 0 Å². The van der Waals surface area contributed by atoms with Gasteiger partial charge in [0, 0.05) is 5.69 Å². The lowest BCUT2D eigenvalue weighted by molar-refractivity contribution is -0.118. The number of anilines is 2. The number of hydrogen-bond acceptors (Lipinski definition) is 5. The molecule has 2 heterocycles. The molecule has 1 aliphatic rings. The molecule has 0 atom stereocenters. The zero-order valence-electron chi connectivity index (χ0n) is 11.6. The van der Waals surface area contributed by atoms with Gasteiger partial charge in [-0.2, -0.15) is 11.8 Å². The van der Waals surface area contributed by atoms with E-state index in [-0.39, 0.29) is 12.5 Å². The molecule has 110 valence electrons. The van der Waals surface area contributed by atoms with Crippen molar-refractivity contribution in [3.8, 4) is 5.75 Å². The maximum absolute atomic E-state index is 11.3. The quantitative estimate of drug-likeness (QED) is 0.889. The number of benzene rings is 1. The van der Waals surface area contributed by atoms with Crippen LogP contribution in [0.15, 0.2) is 34.7 Å². The van der Waals surface area contributed by atoms with Crippen molar-refractivity contribution >= 4 is 29.0 Å². The molecule has 6 heteroatoms. The highest BCUT2D eigenvalue weighted by atomic mass is 32.2. The Bertz CT molecular complexity index is 654. The maximum Gasteiger partial charge on any atom is 0.262 e. The monoisotopic (exact) mass is 304 g/mol. The largest absolute Gasteiger partial charge is 0.482 e. The first-order chi connectivity index (χ1) is 10.2. The van der Waals surface area contributed by atoms with Crippen LogP contribution < -0.4 is 15.4 Å². The number of carbonyl (C=O) groups excluding carboxylic acids is 1. The number of rotatable bonds is 5. The van der Waals surface area contributed by atoms with E-state index < -0.39 is 0 Å². The molecule has 1 aromatic heterocycles. The van der Waals surface area contributed by atoms with E-state index in [1.807, 2.05) is 36.6 Å². The summed E-state index contributed by atoms with van der Waals surface area (Å²) in [6.07, 6.45) is 2.05. The molecule has 0 fully saturated rings. The van der Waals surface area contributed by atoms with Crippen LogP contribution in [0.4, 0.5) is 11.4 Å². The third-order valence-corrected chi connectivity index (χ3v) is 3.66. The van der Waals surface area contributed by atoms with Crippen molar-refractivity contribution in [1.29, 1.82) is 0 Å². The zero-order valence-corrected chi connectivity index (χ0v) is 12.5. The SMILES string of the molecule is CSCc1ccc(CNc2ccc3c(c2)NC(=O)CO3)o1. The summed E-state index contributed by atoms with van der Waals surface area (Å²) >= 11 is 1.73. The Kier molecular flexibility index (Phi) is 4.06. The van der Waals surface area contributed by atoms with Gasteiger partial charge in [0.15, 0.2) is 6.61 Å². The van der Waals surface area contributed by atoms with Crippen molar-refractivity contribution in [2.45, 2.75) is 12.3 Å². The molecule has 0 radical (unpaired) electrons. The molecule has 1 aromatic carbocycles. The van der Waals surface area contributed by atoms with Gasteiger partial charge in [-0.15, -0.1) is 0 Å². The molecule has 5 nitrogen and oxygen atoms in total. The van der Waals surface area contributed by atoms with Crippen LogP contribution in [0.5, 0.6) is 5.75 Å². The Morgan fingerprint density at radius 2 is 2.14 bits per heavy atom. The van der Waals surface area contributed by atoms with Crippen LogP contribution in [-0.4, -0.2) is 18.8 Å². The van der Waals surface area contributed by atoms with Gasteiger partial charge in [-0.1, -0.05) is 0 Å². The van der Waals surface area contributed by atoms with Crippen LogP contribution >= 0.6 is 11.8 Å². The topological polar surface area (TPSA) is 63.5 Å². The van der Waals surface area contributed by atoms with Crippen molar-refractivity contribution in [2.24, 2.45) is 0 Å². The van der Waals surface area contributed by atoms with Gasteiger partial charge >= 0.3 is 0 Å². The lowest BCUT2D eigenvalue weighted by atomic mass is 10.2. The number of furan rings is 1. The number of amides is 1. The third kappa shape index (κ3) is 3.33. The summed E-state index contributed by atoms with van der Waals surface area (Å²) in [4.78, 5) is 11.3. The van der Waals surface area contributed by atoms with Crippen LogP contribution in [0.25, 0.3) is 0 Å². The van der Waals surface area contributed by atoms with E-state index in [4.69, 9.17) is 9.15 Å². The van der Waals surface area contributed by atoms with E-state index in [1.165, 1.54) is 0 Å². The summed E-state index contributed by atoms with van der Waals surface area (Å²) in [5, 5.41) is 6.06. The maximum atomic E-state index is 11.3. The Balaban J connectivity index is 1.65. The molecular formula is C15H16N2O3S. The van der Waals surface area contributed by atoms with Crippen molar-refractivity contribution < 1.29 is 13.9 Å². The zero-order chi connectivity index (χ0) is 14.7. The smallest absolute Gasteiger partial charge is 0.262 e. The van der Waals surface area contributed by atoms with Crippen LogP contribution in [0.3, 0.4) is 0 Å². The Morgan fingerprint density at radius 1 is 1.29 bits per heavy atom. The van der Waals surface area contributed by atoms with Crippen LogP contribution in [-0.2, 0) is 17.1 Å². The Hall–Kier alpha value is -2.08. The second-order valence-electron chi connectivity index (χ2n) is 4.70.